The molecule has 0 spiro atoms. The number of halogens is 3. The molecule has 1 N–H and O–H groups in total. The lowest BCUT2D eigenvalue weighted by Crippen LogP contribution is -2.30. The summed E-state index contributed by atoms with van der Waals surface area (Å²) in [6.07, 6.45) is -4.55. The van der Waals surface area contributed by atoms with Crippen LogP contribution in [-0.2, 0) is 24.4 Å². The summed E-state index contributed by atoms with van der Waals surface area (Å²) in [5, 5.41) is 7.88. The maximum Gasteiger partial charge on any atom is 0.416 e. The van der Waals surface area contributed by atoms with Gasteiger partial charge < -0.3 is 5.32 Å². The summed E-state index contributed by atoms with van der Waals surface area (Å²) in [6, 6.07) is 11.1. The first kappa shape index (κ1) is 19.6. The van der Waals surface area contributed by atoms with Gasteiger partial charge in [0.1, 0.15) is 0 Å². The first-order chi connectivity index (χ1) is 13.2. The van der Waals surface area contributed by atoms with Gasteiger partial charge in [-0.3, -0.25) is 9.59 Å². The molecule has 0 aliphatic rings. The van der Waals surface area contributed by atoms with E-state index in [2.05, 4.69) is 10.4 Å². The minimum absolute atomic E-state index is 0.0993. The molecule has 0 aliphatic heterocycles. The van der Waals surface area contributed by atoms with Gasteiger partial charge in [0.2, 0.25) is 5.91 Å². The molecule has 0 saturated carbocycles. The Kier molecular flexibility index (Phi) is 5.22. The first-order valence-electron chi connectivity index (χ1n) is 8.58. The van der Waals surface area contributed by atoms with E-state index in [1.165, 1.54) is 23.9 Å². The zero-order valence-electron chi connectivity index (χ0n) is 15.2. The van der Waals surface area contributed by atoms with Gasteiger partial charge in [-0.15, -0.1) is 0 Å². The molecular formula is C20H18F3N3O2. The number of alkyl halides is 3. The molecule has 5 nitrogen and oxygen atoms in total. The van der Waals surface area contributed by atoms with Crippen molar-refractivity contribution in [1.82, 2.24) is 15.1 Å². The number of carbonyl (C=O) groups is 1. The Bertz CT molecular complexity index is 1090. The Labute approximate surface area is 158 Å². The smallest absolute Gasteiger partial charge is 0.349 e. The predicted molar refractivity (Wildman–Crippen MR) is 98.7 cm³/mol. The van der Waals surface area contributed by atoms with Crippen LogP contribution in [0.15, 0.2) is 53.3 Å². The van der Waals surface area contributed by atoms with Gasteiger partial charge in [-0.25, -0.2) is 4.68 Å². The molecule has 146 valence electrons. The second-order valence-corrected chi connectivity index (χ2v) is 6.51. The van der Waals surface area contributed by atoms with E-state index >= 15 is 0 Å². The molecule has 1 atom stereocenters. The molecule has 1 heterocycles. The number of aromatic nitrogens is 2. The molecule has 3 rings (SSSR count). The monoisotopic (exact) mass is 389 g/mol. The lowest BCUT2D eigenvalue weighted by atomic mass is 10.0. The first-order valence-corrected chi connectivity index (χ1v) is 8.58. The van der Waals surface area contributed by atoms with Crippen LogP contribution in [0.3, 0.4) is 0 Å². The van der Waals surface area contributed by atoms with Gasteiger partial charge in [0.15, 0.2) is 0 Å². The SMILES string of the molecule is C[C@H](NC(=O)Cc1nn(C)c(=O)c2ccccc12)c1cccc(C(F)(F)F)c1. The summed E-state index contributed by atoms with van der Waals surface area (Å²) in [6.45, 7) is 1.61. The highest BCUT2D eigenvalue weighted by Crippen LogP contribution is 2.30. The summed E-state index contributed by atoms with van der Waals surface area (Å²) in [5.74, 6) is -0.402. The molecule has 1 aromatic heterocycles. The van der Waals surface area contributed by atoms with Crippen molar-refractivity contribution >= 4 is 16.7 Å². The molecule has 2 aromatic carbocycles. The van der Waals surface area contributed by atoms with E-state index < -0.39 is 23.7 Å². The van der Waals surface area contributed by atoms with Crippen molar-refractivity contribution < 1.29 is 18.0 Å². The van der Waals surface area contributed by atoms with Gasteiger partial charge in [0, 0.05) is 12.4 Å². The Morgan fingerprint density at radius 3 is 2.50 bits per heavy atom. The highest BCUT2D eigenvalue weighted by molar-refractivity contribution is 5.88. The number of nitrogens with one attached hydrogen (secondary N) is 1. The summed E-state index contributed by atoms with van der Waals surface area (Å²) in [5.41, 5.74) is -0.262. The van der Waals surface area contributed by atoms with Gasteiger partial charge in [0.05, 0.1) is 29.1 Å². The molecule has 8 heteroatoms. The van der Waals surface area contributed by atoms with E-state index in [0.717, 1.165) is 12.1 Å². The average Bonchev–Trinajstić information content (AvgIpc) is 2.65. The minimum atomic E-state index is -4.45. The van der Waals surface area contributed by atoms with E-state index in [1.807, 2.05) is 0 Å². The maximum atomic E-state index is 12.9. The van der Waals surface area contributed by atoms with E-state index in [-0.39, 0.29) is 12.0 Å². The van der Waals surface area contributed by atoms with E-state index in [1.54, 1.807) is 31.2 Å². The zero-order valence-corrected chi connectivity index (χ0v) is 15.2. The predicted octanol–water partition coefficient (Wildman–Crippen LogP) is 3.37. The number of fused-ring (bicyclic) bond motifs is 1. The largest absolute Gasteiger partial charge is 0.416 e. The van der Waals surface area contributed by atoms with Crippen molar-refractivity contribution in [3.05, 3.63) is 75.7 Å². The van der Waals surface area contributed by atoms with Crippen LogP contribution in [0.1, 0.15) is 29.8 Å². The standard InChI is InChI=1S/C20H18F3N3O2/c1-12(13-6-5-7-14(10-13)20(21,22)23)24-18(27)11-17-15-8-3-4-9-16(15)19(28)26(2)25-17/h3-10,12H,11H2,1-2H3,(H,24,27)/t12-/m0/s1. The lowest BCUT2D eigenvalue weighted by Gasteiger charge is -2.16. The van der Waals surface area contributed by atoms with Gasteiger partial charge in [-0.1, -0.05) is 30.3 Å². The van der Waals surface area contributed by atoms with E-state index in [9.17, 15) is 22.8 Å². The van der Waals surface area contributed by atoms with Crippen LogP contribution in [0.25, 0.3) is 10.8 Å². The van der Waals surface area contributed by atoms with Crippen molar-refractivity contribution in [1.29, 1.82) is 0 Å². The van der Waals surface area contributed by atoms with Gasteiger partial charge in [-0.05, 0) is 30.7 Å². The molecule has 0 bridgehead atoms. The molecule has 0 unspecified atom stereocenters. The number of aryl methyl sites for hydroxylation is 1. The Balaban J connectivity index is 1.81. The summed E-state index contributed by atoms with van der Waals surface area (Å²) < 4.78 is 39.8. The molecule has 0 aliphatic carbocycles. The molecule has 1 amide bonds. The van der Waals surface area contributed by atoms with Crippen LogP contribution in [-0.4, -0.2) is 15.7 Å². The van der Waals surface area contributed by atoms with Gasteiger partial charge in [-0.2, -0.15) is 18.3 Å². The van der Waals surface area contributed by atoms with Gasteiger partial charge >= 0.3 is 6.18 Å². The molecule has 3 aromatic rings. The number of rotatable bonds is 4. The summed E-state index contributed by atoms with van der Waals surface area (Å²) in [7, 11) is 1.50. The third kappa shape index (κ3) is 4.05. The summed E-state index contributed by atoms with van der Waals surface area (Å²) in [4.78, 5) is 24.6. The van der Waals surface area contributed by atoms with E-state index in [4.69, 9.17) is 0 Å². The number of amides is 1. The van der Waals surface area contributed by atoms with Gasteiger partial charge in [0.25, 0.3) is 5.56 Å². The third-order valence-corrected chi connectivity index (χ3v) is 4.45. The number of hydrogen-bond acceptors (Lipinski definition) is 3. The van der Waals surface area contributed by atoms with Crippen LogP contribution in [0.2, 0.25) is 0 Å². The molecule has 28 heavy (non-hydrogen) atoms. The fraction of sp³-hybridized carbons (Fsp3) is 0.250. The fourth-order valence-electron chi connectivity index (χ4n) is 3.02. The fourth-order valence-corrected chi connectivity index (χ4v) is 3.02. The highest BCUT2D eigenvalue weighted by atomic mass is 19.4. The Morgan fingerprint density at radius 1 is 1.14 bits per heavy atom. The van der Waals surface area contributed by atoms with Crippen LogP contribution in [0.4, 0.5) is 13.2 Å². The minimum Gasteiger partial charge on any atom is -0.349 e. The van der Waals surface area contributed by atoms with Crippen LogP contribution in [0.5, 0.6) is 0 Å². The maximum absolute atomic E-state index is 12.9. The molecular weight excluding hydrogens is 371 g/mol. The second kappa shape index (κ2) is 7.46. The van der Waals surface area contributed by atoms with Crippen molar-refractivity contribution in [2.75, 3.05) is 0 Å². The van der Waals surface area contributed by atoms with Crippen molar-refractivity contribution in [3.63, 3.8) is 0 Å². The topological polar surface area (TPSA) is 64.0 Å². The number of benzene rings is 2. The Hall–Kier alpha value is -3.16. The lowest BCUT2D eigenvalue weighted by molar-refractivity contribution is -0.137. The number of hydrogen-bond donors (Lipinski definition) is 1. The molecule has 0 fully saturated rings. The van der Waals surface area contributed by atoms with Crippen molar-refractivity contribution in [2.24, 2.45) is 7.05 Å². The Morgan fingerprint density at radius 2 is 1.82 bits per heavy atom. The van der Waals surface area contributed by atoms with Crippen molar-refractivity contribution in [2.45, 2.75) is 25.6 Å². The molecule has 0 saturated heterocycles. The summed E-state index contributed by atoms with van der Waals surface area (Å²) >= 11 is 0. The van der Waals surface area contributed by atoms with Crippen molar-refractivity contribution in [3.8, 4) is 0 Å². The van der Waals surface area contributed by atoms with Crippen LogP contribution >= 0.6 is 0 Å². The number of nitrogens with zero attached hydrogens (tertiary/aromatic N) is 2. The highest BCUT2D eigenvalue weighted by Gasteiger charge is 2.30. The van der Waals surface area contributed by atoms with Crippen LogP contribution < -0.4 is 10.9 Å². The third-order valence-electron chi connectivity index (χ3n) is 4.45. The van der Waals surface area contributed by atoms with E-state index in [0.29, 0.717) is 22.0 Å². The second-order valence-electron chi connectivity index (χ2n) is 6.51. The normalized spacial score (nSPS) is 12.8. The zero-order chi connectivity index (χ0) is 20.5. The average molecular weight is 389 g/mol. The quantitative estimate of drug-likeness (QED) is 0.744. The number of carbonyl (C=O) groups excluding carboxylic acids is 1. The van der Waals surface area contributed by atoms with Crippen LogP contribution in [0, 0.1) is 0 Å². The molecule has 0 radical (unpaired) electrons.